The smallest absolute Gasteiger partial charge is 0.226 e. The van der Waals surface area contributed by atoms with Gasteiger partial charge in [-0.25, -0.2) is 4.98 Å². The van der Waals surface area contributed by atoms with E-state index < -0.39 is 0 Å². The Labute approximate surface area is 123 Å². The Bertz CT molecular complexity index is 461. The van der Waals surface area contributed by atoms with Crippen molar-refractivity contribution in [2.75, 3.05) is 18.4 Å². The van der Waals surface area contributed by atoms with Crippen LogP contribution in [0.2, 0.25) is 0 Å². The molecule has 0 aromatic carbocycles. The number of nitrogens with one attached hydrogen (secondary N) is 1. The molecule has 20 heavy (non-hydrogen) atoms. The highest BCUT2D eigenvalue weighted by Crippen LogP contribution is 2.29. The molecule has 1 fully saturated rings. The van der Waals surface area contributed by atoms with E-state index in [1.807, 2.05) is 10.3 Å². The molecular weight excluding hydrogens is 274 g/mol. The molecule has 1 aromatic rings. The van der Waals surface area contributed by atoms with Gasteiger partial charge in [0.2, 0.25) is 11.8 Å². The summed E-state index contributed by atoms with van der Waals surface area (Å²) in [7, 11) is 0. The Kier molecular flexibility index (Phi) is 5.11. The number of piperidine rings is 1. The summed E-state index contributed by atoms with van der Waals surface area (Å²) in [5.41, 5.74) is 0. The molecule has 1 aliphatic heterocycles. The normalized spacial score (nSPS) is 22.6. The molecule has 1 aromatic heterocycles. The van der Waals surface area contributed by atoms with Crippen molar-refractivity contribution in [2.24, 2.45) is 11.8 Å². The van der Waals surface area contributed by atoms with Gasteiger partial charge in [-0.05, 0) is 18.3 Å². The summed E-state index contributed by atoms with van der Waals surface area (Å²) in [4.78, 5) is 29.4. The Hall–Kier alpha value is -1.43. The second-order valence-corrected chi connectivity index (χ2v) is 6.17. The molecule has 2 rings (SSSR count). The van der Waals surface area contributed by atoms with E-state index in [0.29, 0.717) is 23.4 Å². The van der Waals surface area contributed by atoms with Crippen molar-refractivity contribution >= 4 is 28.3 Å². The van der Waals surface area contributed by atoms with Crippen LogP contribution in [0.5, 0.6) is 0 Å². The van der Waals surface area contributed by atoms with Gasteiger partial charge in [-0.3, -0.25) is 9.59 Å². The van der Waals surface area contributed by atoms with Gasteiger partial charge in [-0.2, -0.15) is 0 Å². The fourth-order valence-electron chi connectivity index (χ4n) is 2.79. The Balaban J connectivity index is 1.88. The third-order valence-electron chi connectivity index (χ3n) is 3.99. The lowest BCUT2D eigenvalue weighted by molar-refractivity contribution is -0.131. The molecule has 0 spiro atoms. The summed E-state index contributed by atoms with van der Waals surface area (Å²) < 4.78 is 0. The second-order valence-electron chi connectivity index (χ2n) is 5.27. The molecule has 5 nitrogen and oxygen atoms in total. The first-order chi connectivity index (χ1) is 9.60. The van der Waals surface area contributed by atoms with E-state index in [2.05, 4.69) is 17.2 Å². The van der Waals surface area contributed by atoms with Gasteiger partial charge in [0, 0.05) is 38.0 Å². The van der Waals surface area contributed by atoms with E-state index in [1.165, 1.54) is 11.3 Å². The van der Waals surface area contributed by atoms with Crippen molar-refractivity contribution in [2.45, 2.75) is 33.1 Å². The van der Waals surface area contributed by atoms with Crippen LogP contribution in [0.1, 0.15) is 33.1 Å². The average molecular weight is 295 g/mol. The summed E-state index contributed by atoms with van der Waals surface area (Å²) in [6.07, 6.45) is 4.10. The third-order valence-corrected chi connectivity index (χ3v) is 4.68. The highest BCUT2D eigenvalue weighted by molar-refractivity contribution is 7.13. The van der Waals surface area contributed by atoms with Crippen molar-refractivity contribution in [3.63, 3.8) is 0 Å². The van der Waals surface area contributed by atoms with Crippen LogP contribution in [0, 0.1) is 11.8 Å². The molecule has 6 heteroatoms. The first kappa shape index (κ1) is 15.0. The number of aromatic nitrogens is 1. The molecule has 2 heterocycles. The third kappa shape index (κ3) is 3.79. The maximum absolute atomic E-state index is 12.0. The van der Waals surface area contributed by atoms with Crippen LogP contribution in [-0.2, 0) is 9.59 Å². The number of carbonyl (C=O) groups is 2. The highest BCUT2D eigenvalue weighted by Gasteiger charge is 2.30. The lowest BCUT2D eigenvalue weighted by Crippen LogP contribution is -2.43. The van der Waals surface area contributed by atoms with Crippen LogP contribution < -0.4 is 5.32 Å². The summed E-state index contributed by atoms with van der Waals surface area (Å²) in [6, 6.07) is 0. The minimum atomic E-state index is 0.0275. The van der Waals surface area contributed by atoms with Gasteiger partial charge in [0.1, 0.15) is 0 Å². The number of nitrogens with zero attached hydrogens (tertiary/aromatic N) is 2. The van der Waals surface area contributed by atoms with Crippen molar-refractivity contribution in [3.05, 3.63) is 11.6 Å². The molecule has 2 amide bonds. The zero-order valence-electron chi connectivity index (χ0n) is 12.0. The zero-order valence-corrected chi connectivity index (χ0v) is 12.8. The van der Waals surface area contributed by atoms with Crippen LogP contribution in [0.4, 0.5) is 5.13 Å². The Morgan fingerprint density at radius 2 is 2.30 bits per heavy atom. The van der Waals surface area contributed by atoms with E-state index in [-0.39, 0.29) is 11.8 Å². The lowest BCUT2D eigenvalue weighted by Gasteiger charge is -2.37. The van der Waals surface area contributed by atoms with Crippen molar-refractivity contribution in [1.29, 1.82) is 0 Å². The molecule has 0 aliphatic carbocycles. The Morgan fingerprint density at radius 1 is 1.50 bits per heavy atom. The molecule has 1 aliphatic rings. The van der Waals surface area contributed by atoms with Crippen molar-refractivity contribution in [3.8, 4) is 0 Å². The molecule has 1 saturated heterocycles. The molecule has 1 N–H and O–H groups in total. The van der Waals surface area contributed by atoms with Gasteiger partial charge in [-0.15, -0.1) is 11.3 Å². The van der Waals surface area contributed by atoms with E-state index in [9.17, 15) is 9.59 Å². The van der Waals surface area contributed by atoms with Gasteiger partial charge in [-0.1, -0.05) is 13.3 Å². The maximum atomic E-state index is 12.0. The number of hydrogen-bond donors (Lipinski definition) is 1. The molecular formula is C14H21N3O2S. The predicted molar refractivity (Wildman–Crippen MR) is 79.5 cm³/mol. The van der Waals surface area contributed by atoms with Crippen LogP contribution in [-0.4, -0.2) is 34.8 Å². The largest absolute Gasteiger partial charge is 0.343 e. The van der Waals surface area contributed by atoms with Gasteiger partial charge in [0.25, 0.3) is 0 Å². The number of thiazole rings is 1. The van der Waals surface area contributed by atoms with Crippen LogP contribution in [0.15, 0.2) is 11.6 Å². The van der Waals surface area contributed by atoms with Gasteiger partial charge >= 0.3 is 0 Å². The zero-order chi connectivity index (χ0) is 14.5. The topological polar surface area (TPSA) is 62.3 Å². The fraction of sp³-hybridized carbons (Fsp3) is 0.643. The number of carbonyl (C=O) groups excluding carboxylic acids is 2. The first-order valence-electron chi connectivity index (χ1n) is 7.05. The van der Waals surface area contributed by atoms with E-state index in [0.717, 1.165) is 25.9 Å². The van der Waals surface area contributed by atoms with Gasteiger partial charge < -0.3 is 10.2 Å². The molecule has 2 atom stereocenters. The monoisotopic (exact) mass is 295 g/mol. The number of anilines is 1. The SMILES string of the molecule is CCC1CN(C(C)=O)CCC1CC(=O)Nc1nccs1. The Morgan fingerprint density at radius 3 is 2.90 bits per heavy atom. The van der Waals surface area contributed by atoms with Crippen molar-refractivity contribution in [1.82, 2.24) is 9.88 Å². The van der Waals surface area contributed by atoms with Crippen LogP contribution >= 0.6 is 11.3 Å². The second kappa shape index (κ2) is 6.83. The first-order valence-corrected chi connectivity index (χ1v) is 7.93. The summed E-state index contributed by atoms with van der Waals surface area (Å²) >= 11 is 1.43. The number of rotatable bonds is 4. The quantitative estimate of drug-likeness (QED) is 0.927. The predicted octanol–water partition coefficient (Wildman–Crippen LogP) is 2.37. The molecule has 2 unspecified atom stereocenters. The average Bonchev–Trinajstić information content (AvgIpc) is 2.91. The van der Waals surface area contributed by atoms with E-state index >= 15 is 0 Å². The van der Waals surface area contributed by atoms with E-state index in [1.54, 1.807) is 13.1 Å². The summed E-state index contributed by atoms with van der Waals surface area (Å²) in [5.74, 6) is 0.930. The standard InChI is InChI=1S/C14H21N3O2S/c1-3-11-9-17(10(2)18)6-4-12(11)8-13(19)16-14-15-5-7-20-14/h5,7,11-12H,3-4,6,8-9H2,1-2H3,(H,15,16,19). The molecule has 110 valence electrons. The molecule has 0 bridgehead atoms. The van der Waals surface area contributed by atoms with Crippen molar-refractivity contribution < 1.29 is 9.59 Å². The molecule has 0 radical (unpaired) electrons. The number of hydrogen-bond acceptors (Lipinski definition) is 4. The number of amides is 2. The summed E-state index contributed by atoms with van der Waals surface area (Å²) in [6.45, 7) is 5.28. The minimum Gasteiger partial charge on any atom is -0.343 e. The van der Waals surface area contributed by atoms with Gasteiger partial charge in [0.15, 0.2) is 5.13 Å². The number of likely N-dealkylation sites (tertiary alicyclic amines) is 1. The highest BCUT2D eigenvalue weighted by atomic mass is 32.1. The maximum Gasteiger partial charge on any atom is 0.226 e. The van der Waals surface area contributed by atoms with Crippen LogP contribution in [0.25, 0.3) is 0 Å². The lowest BCUT2D eigenvalue weighted by atomic mass is 9.81. The van der Waals surface area contributed by atoms with Gasteiger partial charge in [0.05, 0.1) is 0 Å². The van der Waals surface area contributed by atoms with E-state index in [4.69, 9.17) is 0 Å². The molecule has 0 saturated carbocycles. The minimum absolute atomic E-state index is 0.0275. The fourth-order valence-corrected chi connectivity index (χ4v) is 3.34. The summed E-state index contributed by atoms with van der Waals surface area (Å²) in [5, 5.41) is 5.34. The van der Waals surface area contributed by atoms with Crippen LogP contribution in [0.3, 0.4) is 0 Å².